The number of aromatic nitrogens is 4. The highest BCUT2D eigenvalue weighted by Crippen LogP contribution is 2.37. The highest BCUT2D eigenvalue weighted by Gasteiger charge is 2.40. The number of H-pyrrole nitrogens is 1. The molecule has 3 atom stereocenters. The van der Waals surface area contributed by atoms with E-state index < -0.39 is 0 Å². The van der Waals surface area contributed by atoms with Gasteiger partial charge in [-0.25, -0.2) is 4.98 Å². The van der Waals surface area contributed by atoms with Gasteiger partial charge in [0.1, 0.15) is 11.6 Å². The molecule has 1 unspecified atom stereocenters. The van der Waals surface area contributed by atoms with E-state index in [9.17, 15) is 0 Å². The van der Waals surface area contributed by atoms with E-state index in [1.807, 2.05) is 31.3 Å². The molecule has 0 radical (unpaired) electrons. The van der Waals surface area contributed by atoms with Crippen molar-refractivity contribution >= 4 is 28.4 Å². The van der Waals surface area contributed by atoms with E-state index in [4.69, 9.17) is 10.2 Å². The van der Waals surface area contributed by atoms with E-state index in [1.165, 1.54) is 12.8 Å². The van der Waals surface area contributed by atoms with Gasteiger partial charge < -0.3 is 10.6 Å². The molecule has 3 aromatic heterocycles. The molecule has 30 heavy (non-hydrogen) atoms. The maximum atomic E-state index is 8.93. The largest absolute Gasteiger partial charge is 0.366 e. The minimum Gasteiger partial charge on any atom is -0.366 e. The first-order valence-electron chi connectivity index (χ1n) is 10.6. The molecule has 3 fully saturated rings. The number of piperidine rings is 2. The van der Waals surface area contributed by atoms with Crippen LogP contribution in [0.2, 0.25) is 0 Å². The van der Waals surface area contributed by atoms with Crippen molar-refractivity contribution in [2.75, 3.05) is 23.7 Å². The minimum absolute atomic E-state index is 0.390. The first-order chi connectivity index (χ1) is 14.7. The predicted octanol–water partition coefficient (Wildman–Crippen LogP) is 3.58. The molecule has 2 aliphatic heterocycles. The molecule has 154 valence electrons. The molecule has 3 N–H and O–H groups in total. The van der Waals surface area contributed by atoms with E-state index in [0.717, 1.165) is 53.6 Å². The molecule has 0 spiro atoms. The third-order valence-electron chi connectivity index (χ3n) is 6.35. The predicted molar refractivity (Wildman–Crippen MR) is 116 cm³/mol. The normalized spacial score (nSPS) is 23.4. The number of nitrogens with zero attached hydrogens (tertiary/aromatic N) is 5. The lowest BCUT2D eigenvalue weighted by Gasteiger charge is -2.49. The highest BCUT2D eigenvalue weighted by molar-refractivity contribution is 5.91. The third-order valence-corrected chi connectivity index (χ3v) is 6.35. The second kappa shape index (κ2) is 7.92. The minimum atomic E-state index is 0.390. The fourth-order valence-corrected chi connectivity index (χ4v) is 4.89. The number of nitriles is 1. The van der Waals surface area contributed by atoms with Gasteiger partial charge >= 0.3 is 0 Å². The Morgan fingerprint density at radius 2 is 2.23 bits per heavy atom. The molecular formula is C22H26N8. The number of nitrogens with one attached hydrogen (secondary N) is 3. The van der Waals surface area contributed by atoms with E-state index in [0.29, 0.717) is 24.4 Å². The van der Waals surface area contributed by atoms with Crippen LogP contribution in [0.3, 0.4) is 0 Å². The topological polar surface area (TPSA) is 106 Å². The van der Waals surface area contributed by atoms with Crippen LogP contribution in [0.25, 0.3) is 10.9 Å². The van der Waals surface area contributed by atoms with Crippen LogP contribution >= 0.6 is 0 Å². The molecule has 1 aliphatic carbocycles. The molecule has 8 heteroatoms. The van der Waals surface area contributed by atoms with Gasteiger partial charge in [-0.2, -0.15) is 10.4 Å². The van der Waals surface area contributed by atoms with Gasteiger partial charge in [0, 0.05) is 61.0 Å². The Morgan fingerprint density at radius 3 is 3.00 bits per heavy atom. The first-order valence-corrected chi connectivity index (χ1v) is 10.6. The quantitative estimate of drug-likeness (QED) is 0.579. The molecule has 0 aromatic carbocycles. The lowest BCUT2D eigenvalue weighted by Crippen LogP contribution is -2.56. The van der Waals surface area contributed by atoms with Crippen LogP contribution in [0, 0.1) is 24.2 Å². The van der Waals surface area contributed by atoms with Crippen LogP contribution in [-0.2, 0) is 0 Å². The summed E-state index contributed by atoms with van der Waals surface area (Å²) in [6.45, 7) is 3.92. The van der Waals surface area contributed by atoms with E-state index in [2.05, 4.69) is 42.9 Å². The number of aryl methyl sites for hydroxylation is 1. The van der Waals surface area contributed by atoms with Crippen LogP contribution in [0.5, 0.6) is 0 Å². The summed E-state index contributed by atoms with van der Waals surface area (Å²) in [7, 11) is 0. The van der Waals surface area contributed by atoms with Gasteiger partial charge in [0.15, 0.2) is 5.82 Å². The van der Waals surface area contributed by atoms with Gasteiger partial charge in [0.05, 0.1) is 11.6 Å². The Morgan fingerprint density at radius 1 is 1.30 bits per heavy atom. The number of hydrogen-bond donors (Lipinski definition) is 3. The van der Waals surface area contributed by atoms with Crippen molar-refractivity contribution in [2.24, 2.45) is 5.92 Å². The fourth-order valence-electron chi connectivity index (χ4n) is 4.89. The van der Waals surface area contributed by atoms with Crippen LogP contribution in [0.1, 0.15) is 31.4 Å². The number of anilines is 3. The van der Waals surface area contributed by atoms with Crippen molar-refractivity contribution in [3.05, 3.63) is 36.2 Å². The van der Waals surface area contributed by atoms with Gasteiger partial charge in [-0.1, -0.05) is 0 Å². The molecule has 3 aromatic rings. The second-order valence-electron chi connectivity index (χ2n) is 8.37. The van der Waals surface area contributed by atoms with E-state index in [-0.39, 0.29) is 0 Å². The Balaban J connectivity index is 1.39. The standard InChI is InChI=1S/C22H26N8/c1-14-10-21(29-28-14)26-20-12-19-17(4-2-8-24-19)22(27-20)25-18-11-16-6-5-15(18)13-30(16)9-3-7-23/h2,4,8,10,12,15-16,18H,3,5-6,9,11,13H2,1H3,(H3,25,26,27,28,29)/t15?,16-,18-/m0/s1. The average molecular weight is 403 g/mol. The number of hydrogen-bond acceptors (Lipinski definition) is 7. The average Bonchev–Trinajstić information content (AvgIpc) is 3.17. The van der Waals surface area contributed by atoms with Gasteiger partial charge in [0.25, 0.3) is 0 Å². The van der Waals surface area contributed by atoms with Crippen molar-refractivity contribution in [1.29, 1.82) is 5.26 Å². The lowest BCUT2D eigenvalue weighted by molar-refractivity contribution is 0.0415. The molecule has 2 bridgehead atoms. The van der Waals surface area contributed by atoms with E-state index in [1.54, 1.807) is 0 Å². The molecule has 5 heterocycles. The number of aromatic amines is 1. The highest BCUT2D eigenvalue weighted by atomic mass is 15.2. The summed E-state index contributed by atoms with van der Waals surface area (Å²) in [4.78, 5) is 11.9. The molecular weight excluding hydrogens is 376 g/mol. The monoisotopic (exact) mass is 402 g/mol. The number of pyridine rings is 2. The molecule has 3 aliphatic rings. The van der Waals surface area contributed by atoms with E-state index >= 15 is 0 Å². The smallest absolute Gasteiger partial charge is 0.153 e. The fraction of sp³-hybridized carbons (Fsp3) is 0.455. The van der Waals surface area contributed by atoms with Crippen molar-refractivity contribution < 1.29 is 0 Å². The SMILES string of the molecule is Cc1cc(Nc2cc3ncccc3c(N[C@H]3C[C@@H]4CCC3CN4CCC#N)n2)n[nH]1. The zero-order valence-corrected chi connectivity index (χ0v) is 17.1. The molecule has 8 nitrogen and oxygen atoms in total. The van der Waals surface area contributed by atoms with Crippen molar-refractivity contribution in [3.63, 3.8) is 0 Å². The summed E-state index contributed by atoms with van der Waals surface area (Å²) in [6, 6.07) is 11.2. The Labute approximate surface area is 175 Å². The van der Waals surface area contributed by atoms with Gasteiger partial charge in [-0.3, -0.25) is 15.0 Å². The molecule has 0 amide bonds. The lowest BCUT2D eigenvalue weighted by atomic mass is 9.76. The Bertz CT molecular complexity index is 1080. The van der Waals surface area contributed by atoms with Gasteiger partial charge in [-0.15, -0.1) is 0 Å². The summed E-state index contributed by atoms with van der Waals surface area (Å²) >= 11 is 0. The maximum absolute atomic E-state index is 8.93. The Hall–Kier alpha value is -3.18. The van der Waals surface area contributed by atoms with Crippen molar-refractivity contribution in [1.82, 2.24) is 25.1 Å². The van der Waals surface area contributed by atoms with Gasteiger partial charge in [0.2, 0.25) is 0 Å². The Kier molecular flexibility index (Phi) is 4.97. The molecule has 1 saturated carbocycles. The van der Waals surface area contributed by atoms with Crippen LogP contribution < -0.4 is 10.6 Å². The van der Waals surface area contributed by atoms with Crippen LogP contribution in [0.4, 0.5) is 17.5 Å². The zero-order valence-electron chi connectivity index (χ0n) is 17.1. The summed E-state index contributed by atoms with van der Waals surface area (Å²) in [5.41, 5.74) is 1.90. The second-order valence-corrected chi connectivity index (χ2v) is 8.37. The summed E-state index contributed by atoms with van der Waals surface area (Å²) in [5.74, 6) is 2.92. The van der Waals surface area contributed by atoms with Crippen LogP contribution in [-0.4, -0.2) is 50.2 Å². The van der Waals surface area contributed by atoms with Gasteiger partial charge in [-0.05, 0) is 44.2 Å². The third kappa shape index (κ3) is 3.68. The zero-order chi connectivity index (χ0) is 20.5. The van der Waals surface area contributed by atoms with Crippen molar-refractivity contribution in [3.8, 4) is 6.07 Å². The first kappa shape index (κ1) is 18.8. The molecule has 2 saturated heterocycles. The summed E-state index contributed by atoms with van der Waals surface area (Å²) in [5, 5.41) is 24.2. The van der Waals surface area contributed by atoms with Crippen molar-refractivity contribution in [2.45, 2.75) is 44.7 Å². The van der Waals surface area contributed by atoms with Crippen LogP contribution in [0.15, 0.2) is 30.5 Å². The maximum Gasteiger partial charge on any atom is 0.153 e. The molecule has 6 rings (SSSR count). The number of fused-ring (bicyclic) bond motifs is 4. The summed E-state index contributed by atoms with van der Waals surface area (Å²) in [6.07, 6.45) is 5.97. The number of rotatable bonds is 6. The summed E-state index contributed by atoms with van der Waals surface area (Å²) < 4.78 is 0.